The van der Waals surface area contributed by atoms with Crippen LogP contribution in [-0.2, 0) is 12.8 Å². The lowest BCUT2D eigenvalue weighted by Gasteiger charge is -2.07. The Kier molecular flexibility index (Phi) is 7.43. The molecular weight excluding hydrogens is 611 g/mol. The van der Waals surface area contributed by atoms with Crippen molar-refractivity contribution < 1.29 is 0 Å². The smallest absolute Gasteiger partial charge is 0.0737 e. The van der Waals surface area contributed by atoms with E-state index in [-0.39, 0.29) is 0 Å². The number of hydrogen-bond donors (Lipinski definition) is 3. The second kappa shape index (κ2) is 12.5. The summed E-state index contributed by atoms with van der Waals surface area (Å²) in [5.74, 6) is 0. The van der Waals surface area contributed by atoms with Crippen molar-refractivity contribution in [2.45, 2.75) is 12.8 Å². The Morgan fingerprint density at radius 3 is 1.22 bits per heavy atom. The summed E-state index contributed by atoms with van der Waals surface area (Å²) in [6.07, 6.45) is 5.98. The molecule has 5 heterocycles. The van der Waals surface area contributed by atoms with E-state index in [9.17, 15) is 0 Å². The van der Waals surface area contributed by atoms with Crippen molar-refractivity contribution in [1.29, 1.82) is 0 Å². The van der Waals surface area contributed by atoms with E-state index in [2.05, 4.69) is 167 Å². The van der Waals surface area contributed by atoms with Gasteiger partial charge in [-0.05, 0) is 83.6 Å². The van der Waals surface area contributed by atoms with Crippen LogP contribution >= 0.6 is 0 Å². The molecule has 9 rings (SSSR count). The highest BCUT2D eigenvalue weighted by Crippen LogP contribution is 2.38. The normalized spacial score (nSPS) is 12.3. The number of aromatic nitrogens is 4. The van der Waals surface area contributed by atoms with Gasteiger partial charge in [0.25, 0.3) is 0 Å². The third-order valence-corrected chi connectivity index (χ3v) is 9.70. The van der Waals surface area contributed by atoms with E-state index < -0.39 is 0 Å². The molecule has 0 fully saturated rings. The quantitative estimate of drug-likeness (QED) is 0.174. The van der Waals surface area contributed by atoms with Gasteiger partial charge in [-0.2, -0.15) is 0 Å². The summed E-state index contributed by atoms with van der Waals surface area (Å²) < 4.78 is 0. The number of hydrogen-bond acceptors (Lipinski definition) is 3. The SMILES string of the molecule is CNc1ccc(-c2c3nc(c(-c4ccccc4)c4ccc([nH]4)c(-c4ccccc4)c4nc(c(-c5ccccc5)c5ccc2[nH]5)CC4)C=C3)cc1. The summed E-state index contributed by atoms with van der Waals surface area (Å²) in [6, 6.07) is 49.1. The van der Waals surface area contributed by atoms with Crippen LogP contribution in [0.4, 0.5) is 5.69 Å². The Morgan fingerprint density at radius 1 is 0.420 bits per heavy atom. The van der Waals surface area contributed by atoms with Crippen molar-refractivity contribution in [3.05, 3.63) is 162 Å². The minimum atomic E-state index is 0.842. The van der Waals surface area contributed by atoms with Crippen LogP contribution in [0.15, 0.2) is 140 Å². The topological polar surface area (TPSA) is 69.4 Å². The minimum absolute atomic E-state index is 0.842. The average Bonchev–Trinajstić information content (AvgIpc) is 4.01. The molecule has 0 saturated carbocycles. The van der Waals surface area contributed by atoms with Gasteiger partial charge in [0, 0.05) is 57.1 Å². The van der Waals surface area contributed by atoms with E-state index in [0.717, 1.165) is 108 Å². The first-order chi connectivity index (χ1) is 24.7. The van der Waals surface area contributed by atoms with Gasteiger partial charge in [0.1, 0.15) is 0 Å². The molecule has 3 N–H and O–H groups in total. The summed E-state index contributed by atoms with van der Waals surface area (Å²) in [7, 11) is 1.94. The van der Waals surface area contributed by atoms with Gasteiger partial charge in [-0.15, -0.1) is 0 Å². The largest absolute Gasteiger partial charge is 0.388 e. The number of anilines is 1. The number of aromatic amines is 2. The minimum Gasteiger partial charge on any atom is -0.388 e. The fourth-order valence-electron chi connectivity index (χ4n) is 7.34. The second-order valence-corrected chi connectivity index (χ2v) is 12.7. The molecule has 5 heteroatoms. The molecule has 0 atom stereocenters. The Hall–Kier alpha value is -6.46. The van der Waals surface area contributed by atoms with E-state index in [0.29, 0.717) is 0 Å². The number of rotatable bonds is 5. The molecule has 240 valence electrons. The number of H-pyrrole nitrogens is 2. The summed E-state index contributed by atoms with van der Waals surface area (Å²) in [5, 5.41) is 3.26. The Balaban J connectivity index is 1.46. The van der Waals surface area contributed by atoms with Crippen molar-refractivity contribution in [3.63, 3.8) is 0 Å². The zero-order chi connectivity index (χ0) is 33.4. The van der Waals surface area contributed by atoms with Crippen LogP contribution in [0, 0.1) is 0 Å². The van der Waals surface area contributed by atoms with Gasteiger partial charge >= 0.3 is 0 Å². The molecule has 2 aliphatic rings. The van der Waals surface area contributed by atoms with Crippen LogP contribution in [0.25, 0.3) is 78.7 Å². The van der Waals surface area contributed by atoms with Crippen LogP contribution in [0.2, 0.25) is 0 Å². The van der Waals surface area contributed by atoms with Crippen molar-refractivity contribution >= 4 is 39.9 Å². The standard InChI is InChI=1S/C45H35N5/c1-46-33-19-17-32(18-20-33)45-40-27-25-38(49-40)43(30-13-7-3-8-14-30)36-23-21-34(47-36)42(29-11-5-2-6-12-29)35-22-24-37(48-35)44(31-15-9-4-10-16-31)39-26-28-41(45)50-39/h2-21,23,25-28,46-47,50H,22,24H2,1H3. The molecule has 0 unspecified atom stereocenters. The lowest BCUT2D eigenvalue weighted by atomic mass is 10.0. The Bertz CT molecular complexity index is 2540. The summed E-state index contributed by atoms with van der Waals surface area (Å²) in [6.45, 7) is 0. The first-order valence-corrected chi connectivity index (χ1v) is 17.1. The number of benzene rings is 4. The fraction of sp³-hybridized carbons (Fsp3) is 0.0667. The lowest BCUT2D eigenvalue weighted by Crippen LogP contribution is -1.90. The van der Waals surface area contributed by atoms with Crippen LogP contribution in [0.3, 0.4) is 0 Å². The number of fused-ring (bicyclic) bond motifs is 8. The average molecular weight is 646 g/mol. The van der Waals surface area contributed by atoms with Crippen molar-refractivity contribution in [2.24, 2.45) is 0 Å². The maximum atomic E-state index is 5.47. The molecule has 4 aromatic carbocycles. The number of nitrogens with one attached hydrogen (secondary N) is 3. The molecular formula is C45H35N5. The molecule has 2 aliphatic heterocycles. The predicted octanol–water partition coefficient (Wildman–Crippen LogP) is 11.0. The van der Waals surface area contributed by atoms with Gasteiger partial charge in [0.05, 0.1) is 22.8 Å². The summed E-state index contributed by atoms with van der Waals surface area (Å²) in [4.78, 5) is 18.6. The second-order valence-electron chi connectivity index (χ2n) is 12.7. The molecule has 0 spiro atoms. The van der Waals surface area contributed by atoms with Gasteiger partial charge < -0.3 is 15.3 Å². The highest BCUT2D eigenvalue weighted by molar-refractivity contribution is 5.97. The fourth-order valence-corrected chi connectivity index (χ4v) is 7.34. The summed E-state index contributed by atoms with van der Waals surface area (Å²) >= 11 is 0. The van der Waals surface area contributed by atoms with Gasteiger partial charge in [0.15, 0.2) is 0 Å². The zero-order valence-corrected chi connectivity index (χ0v) is 27.7. The van der Waals surface area contributed by atoms with E-state index in [1.165, 1.54) is 0 Å². The lowest BCUT2D eigenvalue weighted by molar-refractivity contribution is 1.03. The van der Waals surface area contributed by atoms with Crippen LogP contribution in [-0.4, -0.2) is 27.0 Å². The van der Waals surface area contributed by atoms with Gasteiger partial charge in [-0.25, -0.2) is 4.98 Å². The third kappa shape index (κ3) is 5.30. The summed E-state index contributed by atoms with van der Waals surface area (Å²) in [5.41, 5.74) is 18.0. The van der Waals surface area contributed by atoms with E-state index in [4.69, 9.17) is 9.97 Å². The number of nitrogens with zero attached hydrogens (tertiary/aromatic N) is 2. The van der Waals surface area contributed by atoms with Crippen molar-refractivity contribution in [3.8, 4) is 44.5 Å². The van der Waals surface area contributed by atoms with Gasteiger partial charge in [-0.1, -0.05) is 103 Å². The molecule has 5 nitrogen and oxygen atoms in total. The van der Waals surface area contributed by atoms with Crippen LogP contribution in [0.1, 0.15) is 22.8 Å². The maximum absolute atomic E-state index is 5.47. The molecule has 0 aliphatic carbocycles. The van der Waals surface area contributed by atoms with E-state index in [1.807, 2.05) is 7.05 Å². The first kappa shape index (κ1) is 29.7. The van der Waals surface area contributed by atoms with Crippen molar-refractivity contribution in [1.82, 2.24) is 19.9 Å². The zero-order valence-electron chi connectivity index (χ0n) is 27.7. The van der Waals surface area contributed by atoms with Gasteiger partial charge in [-0.3, -0.25) is 4.98 Å². The van der Waals surface area contributed by atoms with Crippen molar-refractivity contribution in [2.75, 3.05) is 12.4 Å². The Labute approximate surface area is 291 Å². The predicted molar refractivity (Wildman–Crippen MR) is 209 cm³/mol. The molecule has 0 radical (unpaired) electrons. The highest BCUT2D eigenvalue weighted by atomic mass is 14.8. The molecule has 3 aromatic heterocycles. The third-order valence-electron chi connectivity index (χ3n) is 9.70. The monoisotopic (exact) mass is 645 g/mol. The first-order valence-electron chi connectivity index (χ1n) is 17.1. The Morgan fingerprint density at radius 2 is 0.800 bits per heavy atom. The van der Waals surface area contributed by atoms with E-state index in [1.54, 1.807) is 0 Å². The van der Waals surface area contributed by atoms with Gasteiger partial charge in [0.2, 0.25) is 0 Å². The molecule has 7 aromatic rings. The highest BCUT2D eigenvalue weighted by Gasteiger charge is 2.20. The molecule has 8 bridgehead atoms. The molecule has 50 heavy (non-hydrogen) atoms. The van der Waals surface area contributed by atoms with E-state index >= 15 is 0 Å². The van der Waals surface area contributed by atoms with Crippen LogP contribution < -0.4 is 5.32 Å². The maximum Gasteiger partial charge on any atom is 0.0737 e. The van der Waals surface area contributed by atoms with Crippen LogP contribution in [0.5, 0.6) is 0 Å². The molecule has 0 saturated heterocycles. The molecule has 0 amide bonds. The number of aryl methyl sites for hydroxylation is 2.